The van der Waals surface area contributed by atoms with Crippen molar-refractivity contribution in [1.82, 2.24) is 15.2 Å². The molecule has 0 aliphatic heterocycles. The summed E-state index contributed by atoms with van der Waals surface area (Å²) in [6.45, 7) is 0. The van der Waals surface area contributed by atoms with Crippen LogP contribution in [0.4, 0.5) is 11.6 Å². The van der Waals surface area contributed by atoms with E-state index >= 15 is 0 Å². The van der Waals surface area contributed by atoms with Gasteiger partial charge in [-0.05, 0) is 24.3 Å². The highest BCUT2D eigenvalue weighted by atomic mass is 32.2. The van der Waals surface area contributed by atoms with Crippen LogP contribution in [0.5, 0.6) is 0 Å². The Morgan fingerprint density at radius 2 is 2.06 bits per heavy atom. The van der Waals surface area contributed by atoms with E-state index in [1.54, 1.807) is 6.07 Å². The molecule has 0 radical (unpaired) electrons. The van der Waals surface area contributed by atoms with Crippen LogP contribution < -0.4 is 10.5 Å². The summed E-state index contributed by atoms with van der Waals surface area (Å²) in [6, 6.07) is 5.84. The van der Waals surface area contributed by atoms with Crippen molar-refractivity contribution in [2.45, 2.75) is 4.90 Å². The van der Waals surface area contributed by atoms with Gasteiger partial charge in [-0.3, -0.25) is 4.72 Å². The molecule has 17 heavy (non-hydrogen) atoms. The first-order valence-electron chi connectivity index (χ1n) is 4.60. The molecule has 8 heteroatoms. The zero-order valence-corrected chi connectivity index (χ0v) is 9.42. The van der Waals surface area contributed by atoms with Gasteiger partial charge in [0.15, 0.2) is 5.82 Å². The molecule has 0 aromatic carbocycles. The monoisotopic (exact) mass is 251 g/mol. The maximum Gasteiger partial charge on any atom is 0.264 e. The van der Waals surface area contributed by atoms with Gasteiger partial charge in [0, 0.05) is 12.4 Å². The Bertz CT molecular complexity index is 597. The fourth-order valence-electron chi connectivity index (χ4n) is 1.10. The fraction of sp³-hybridized carbons (Fsp3) is 0. The summed E-state index contributed by atoms with van der Waals surface area (Å²) >= 11 is 0. The van der Waals surface area contributed by atoms with E-state index in [0.29, 0.717) is 0 Å². The van der Waals surface area contributed by atoms with E-state index in [1.807, 2.05) is 0 Å². The molecule has 2 aromatic heterocycles. The minimum absolute atomic E-state index is 0.0114. The SMILES string of the molecule is Nc1ccc(S(=O)(=O)Nc2cccnn2)cn1. The number of nitrogen functional groups attached to an aromatic ring is 1. The molecule has 2 rings (SSSR count). The van der Waals surface area contributed by atoms with E-state index < -0.39 is 10.0 Å². The maximum absolute atomic E-state index is 11.9. The predicted octanol–water partition coefficient (Wildman–Crippen LogP) is 0.255. The van der Waals surface area contributed by atoms with Crippen molar-refractivity contribution in [3.8, 4) is 0 Å². The molecule has 7 nitrogen and oxygen atoms in total. The molecule has 0 spiro atoms. The van der Waals surface area contributed by atoms with E-state index in [4.69, 9.17) is 5.73 Å². The lowest BCUT2D eigenvalue weighted by atomic mass is 10.5. The molecule has 2 heterocycles. The van der Waals surface area contributed by atoms with Gasteiger partial charge >= 0.3 is 0 Å². The van der Waals surface area contributed by atoms with Crippen molar-refractivity contribution in [2.24, 2.45) is 0 Å². The fourth-order valence-corrected chi connectivity index (χ4v) is 2.04. The quantitative estimate of drug-likeness (QED) is 0.809. The Balaban J connectivity index is 2.29. The highest BCUT2D eigenvalue weighted by Gasteiger charge is 2.14. The normalized spacial score (nSPS) is 11.1. The molecular weight excluding hydrogens is 242 g/mol. The summed E-state index contributed by atoms with van der Waals surface area (Å²) < 4.78 is 26.0. The lowest BCUT2D eigenvalue weighted by molar-refractivity contribution is 0.600. The topological polar surface area (TPSA) is 111 Å². The van der Waals surface area contributed by atoms with Crippen LogP contribution in [0.25, 0.3) is 0 Å². The molecule has 0 aliphatic rings. The number of aromatic nitrogens is 3. The Morgan fingerprint density at radius 3 is 2.65 bits per heavy atom. The van der Waals surface area contributed by atoms with Crippen LogP contribution >= 0.6 is 0 Å². The molecule has 0 saturated carbocycles. The lowest BCUT2D eigenvalue weighted by Crippen LogP contribution is -2.14. The summed E-state index contributed by atoms with van der Waals surface area (Å²) in [4.78, 5) is 3.72. The van der Waals surface area contributed by atoms with E-state index in [2.05, 4.69) is 19.9 Å². The molecule has 0 aliphatic carbocycles. The molecule has 0 atom stereocenters. The molecule has 0 unspecified atom stereocenters. The third-order valence-corrected chi connectivity index (χ3v) is 3.22. The number of anilines is 2. The minimum atomic E-state index is -3.70. The third-order valence-electron chi connectivity index (χ3n) is 1.88. The van der Waals surface area contributed by atoms with Gasteiger partial charge in [0.2, 0.25) is 0 Å². The molecule has 0 saturated heterocycles. The first kappa shape index (κ1) is 11.3. The average molecular weight is 251 g/mol. The second-order valence-electron chi connectivity index (χ2n) is 3.13. The number of hydrogen-bond donors (Lipinski definition) is 2. The van der Waals surface area contributed by atoms with Crippen LogP contribution in [-0.2, 0) is 10.0 Å². The molecule has 0 amide bonds. The van der Waals surface area contributed by atoms with Crippen molar-refractivity contribution in [3.63, 3.8) is 0 Å². The Kier molecular flexibility index (Phi) is 2.88. The van der Waals surface area contributed by atoms with E-state index in [0.717, 1.165) is 0 Å². The number of nitrogens with two attached hydrogens (primary N) is 1. The van der Waals surface area contributed by atoms with Crippen LogP contribution in [0.1, 0.15) is 0 Å². The van der Waals surface area contributed by atoms with Crippen LogP contribution in [0.15, 0.2) is 41.6 Å². The van der Waals surface area contributed by atoms with Gasteiger partial charge in [0.1, 0.15) is 10.7 Å². The summed E-state index contributed by atoms with van der Waals surface area (Å²) in [7, 11) is -3.70. The van der Waals surface area contributed by atoms with Gasteiger partial charge in [0.05, 0.1) is 0 Å². The number of nitrogens with one attached hydrogen (secondary N) is 1. The van der Waals surface area contributed by atoms with Gasteiger partial charge in [-0.1, -0.05) is 0 Å². The van der Waals surface area contributed by atoms with Crippen LogP contribution in [0.3, 0.4) is 0 Å². The van der Waals surface area contributed by atoms with E-state index in [-0.39, 0.29) is 16.5 Å². The summed E-state index contributed by atoms with van der Waals surface area (Å²) in [5.74, 6) is 0.396. The first-order valence-corrected chi connectivity index (χ1v) is 6.08. The Labute approximate surface area is 97.8 Å². The maximum atomic E-state index is 11.9. The third kappa shape index (κ3) is 2.67. The summed E-state index contributed by atoms with van der Waals surface area (Å²) in [5, 5.41) is 7.19. The number of hydrogen-bond acceptors (Lipinski definition) is 6. The highest BCUT2D eigenvalue weighted by Crippen LogP contribution is 2.12. The second-order valence-corrected chi connectivity index (χ2v) is 4.82. The molecule has 3 N–H and O–H groups in total. The van der Waals surface area contributed by atoms with Gasteiger partial charge in [-0.2, -0.15) is 5.10 Å². The van der Waals surface area contributed by atoms with Gasteiger partial charge in [-0.15, -0.1) is 5.10 Å². The zero-order chi connectivity index (χ0) is 12.3. The standard InChI is InChI=1S/C9H9N5O2S/c10-8-4-3-7(6-11-8)17(15,16)14-9-2-1-5-12-13-9/h1-6H,(H2,10,11)(H,13,14). The summed E-state index contributed by atoms with van der Waals surface area (Å²) in [6.07, 6.45) is 2.62. The van der Waals surface area contributed by atoms with E-state index in [9.17, 15) is 8.42 Å². The highest BCUT2D eigenvalue weighted by molar-refractivity contribution is 7.92. The zero-order valence-electron chi connectivity index (χ0n) is 8.61. The van der Waals surface area contributed by atoms with Gasteiger partial charge < -0.3 is 5.73 Å². The van der Waals surface area contributed by atoms with Crippen molar-refractivity contribution in [2.75, 3.05) is 10.5 Å². The minimum Gasteiger partial charge on any atom is -0.384 e. The smallest absolute Gasteiger partial charge is 0.264 e. The number of sulfonamides is 1. The second kappa shape index (κ2) is 4.34. The average Bonchev–Trinajstić information content (AvgIpc) is 2.30. The van der Waals surface area contributed by atoms with Crippen molar-refractivity contribution in [3.05, 3.63) is 36.7 Å². The lowest BCUT2D eigenvalue weighted by Gasteiger charge is -2.05. The summed E-state index contributed by atoms with van der Waals surface area (Å²) in [5.41, 5.74) is 5.37. The number of rotatable bonds is 3. The Morgan fingerprint density at radius 1 is 1.24 bits per heavy atom. The predicted molar refractivity (Wildman–Crippen MR) is 61.5 cm³/mol. The first-order chi connectivity index (χ1) is 8.08. The Hall–Kier alpha value is -2.22. The van der Waals surface area contributed by atoms with Gasteiger partial charge in [0.25, 0.3) is 10.0 Å². The molecule has 0 bridgehead atoms. The number of pyridine rings is 1. The van der Waals surface area contributed by atoms with Crippen molar-refractivity contribution >= 4 is 21.7 Å². The van der Waals surface area contributed by atoms with Crippen LogP contribution in [0, 0.1) is 0 Å². The van der Waals surface area contributed by atoms with Crippen molar-refractivity contribution in [1.29, 1.82) is 0 Å². The van der Waals surface area contributed by atoms with Crippen LogP contribution in [-0.4, -0.2) is 23.6 Å². The van der Waals surface area contributed by atoms with Crippen LogP contribution in [0.2, 0.25) is 0 Å². The molecule has 88 valence electrons. The van der Waals surface area contributed by atoms with Gasteiger partial charge in [-0.25, -0.2) is 13.4 Å². The molecule has 0 fully saturated rings. The van der Waals surface area contributed by atoms with E-state index in [1.165, 1.54) is 30.6 Å². The molecular formula is C9H9N5O2S. The number of nitrogens with zero attached hydrogens (tertiary/aromatic N) is 3. The largest absolute Gasteiger partial charge is 0.384 e. The molecule has 2 aromatic rings. The van der Waals surface area contributed by atoms with Crippen molar-refractivity contribution < 1.29 is 8.42 Å².